The first kappa shape index (κ1) is 21.5. The van der Waals surface area contributed by atoms with Crippen LogP contribution in [0.25, 0.3) is 22.1 Å². The summed E-state index contributed by atoms with van der Waals surface area (Å²) in [6, 6.07) is 22.8. The van der Waals surface area contributed by atoms with E-state index >= 15 is 0 Å². The van der Waals surface area contributed by atoms with E-state index in [2.05, 4.69) is 11.9 Å². The summed E-state index contributed by atoms with van der Waals surface area (Å²) in [5.74, 6) is 1.67. The summed E-state index contributed by atoms with van der Waals surface area (Å²) in [6.45, 7) is 3.08. The molecule has 0 saturated heterocycles. The Labute approximate surface area is 199 Å². The lowest BCUT2D eigenvalue weighted by atomic mass is 10.2. The van der Waals surface area contributed by atoms with Crippen molar-refractivity contribution in [3.8, 4) is 11.5 Å². The van der Waals surface area contributed by atoms with E-state index in [1.54, 1.807) is 10.5 Å². The number of ether oxygens (including phenoxy) is 2. The summed E-state index contributed by atoms with van der Waals surface area (Å²) in [6.07, 6.45) is 1.82. The molecule has 1 atom stereocenters. The number of thiazole rings is 1. The number of benzene rings is 3. The van der Waals surface area contributed by atoms with Crippen LogP contribution in [0.15, 0.2) is 77.6 Å². The smallest absolute Gasteiger partial charge is 0.274 e. The lowest BCUT2D eigenvalue weighted by Gasteiger charge is -2.15. The summed E-state index contributed by atoms with van der Waals surface area (Å²) in [5.41, 5.74) is 2.28. The van der Waals surface area contributed by atoms with Gasteiger partial charge in [0, 0.05) is 16.5 Å². The summed E-state index contributed by atoms with van der Waals surface area (Å²) in [4.78, 5) is 18.3. The fourth-order valence-corrected chi connectivity index (χ4v) is 4.71. The Bertz CT molecular complexity index is 1530. The monoisotopic (exact) mass is 476 g/mol. The minimum atomic E-state index is -0.0979. The van der Waals surface area contributed by atoms with Crippen molar-refractivity contribution in [1.82, 2.24) is 9.38 Å². The van der Waals surface area contributed by atoms with Crippen molar-refractivity contribution in [3.63, 3.8) is 0 Å². The molecule has 5 rings (SSSR count). The van der Waals surface area contributed by atoms with E-state index in [0.717, 1.165) is 22.3 Å². The molecule has 5 aromatic rings. The average molecular weight is 477 g/mol. The third kappa shape index (κ3) is 4.58. The molecule has 166 valence electrons. The molecule has 7 heteroatoms. The van der Waals surface area contributed by atoms with Crippen LogP contribution in [0, 0.1) is 5.92 Å². The standard InChI is InChI=1S/C26H21ClN2O3S/c1-17(15-31-20-7-3-2-4-8-20)16-32-23-12-11-19(27)13-18(23)14-24-25(30)29-22-10-6-5-9-21(22)28-26(29)33-24/h2-14,17H,15-16H2,1H3/b24-14-/t17-/m0/s1. The number of hydrogen-bond donors (Lipinski definition) is 0. The van der Waals surface area contributed by atoms with E-state index in [9.17, 15) is 4.79 Å². The maximum atomic E-state index is 13.1. The second kappa shape index (κ2) is 9.25. The zero-order valence-electron chi connectivity index (χ0n) is 17.9. The van der Waals surface area contributed by atoms with Crippen LogP contribution >= 0.6 is 22.9 Å². The van der Waals surface area contributed by atoms with Gasteiger partial charge in [0.05, 0.1) is 28.8 Å². The van der Waals surface area contributed by atoms with Gasteiger partial charge in [-0.25, -0.2) is 9.38 Å². The van der Waals surface area contributed by atoms with Crippen LogP contribution in [0.2, 0.25) is 5.02 Å². The van der Waals surface area contributed by atoms with Crippen molar-refractivity contribution in [2.45, 2.75) is 6.92 Å². The third-order valence-electron chi connectivity index (χ3n) is 5.20. The van der Waals surface area contributed by atoms with Crippen molar-refractivity contribution >= 4 is 45.0 Å². The van der Waals surface area contributed by atoms with Crippen LogP contribution in [-0.2, 0) is 0 Å². The van der Waals surface area contributed by atoms with E-state index in [-0.39, 0.29) is 11.5 Å². The highest BCUT2D eigenvalue weighted by atomic mass is 35.5. The lowest BCUT2D eigenvalue weighted by Crippen LogP contribution is -2.23. The highest BCUT2D eigenvalue weighted by molar-refractivity contribution is 7.15. The first-order valence-electron chi connectivity index (χ1n) is 10.6. The predicted molar refractivity (Wildman–Crippen MR) is 134 cm³/mol. The highest BCUT2D eigenvalue weighted by Gasteiger charge is 2.12. The first-order chi connectivity index (χ1) is 16.1. The van der Waals surface area contributed by atoms with E-state index in [1.165, 1.54) is 11.3 Å². The van der Waals surface area contributed by atoms with Gasteiger partial charge < -0.3 is 9.47 Å². The topological polar surface area (TPSA) is 52.8 Å². The molecule has 2 heterocycles. The molecule has 0 saturated carbocycles. The molecule has 0 unspecified atom stereocenters. The Balaban J connectivity index is 1.39. The number of para-hydroxylation sites is 3. The molecule has 0 N–H and O–H groups in total. The molecular weight excluding hydrogens is 456 g/mol. The van der Waals surface area contributed by atoms with E-state index < -0.39 is 0 Å². The van der Waals surface area contributed by atoms with Gasteiger partial charge in [-0.2, -0.15) is 0 Å². The Morgan fingerprint density at radius 1 is 1.03 bits per heavy atom. The molecule has 33 heavy (non-hydrogen) atoms. The minimum absolute atomic E-state index is 0.0979. The predicted octanol–water partition coefficient (Wildman–Crippen LogP) is 5.20. The molecule has 0 aliphatic rings. The minimum Gasteiger partial charge on any atom is -0.493 e. The van der Waals surface area contributed by atoms with Gasteiger partial charge in [-0.05, 0) is 48.5 Å². The maximum absolute atomic E-state index is 13.1. The van der Waals surface area contributed by atoms with Gasteiger partial charge in [-0.3, -0.25) is 4.79 Å². The molecule has 3 aromatic carbocycles. The van der Waals surface area contributed by atoms with Crippen LogP contribution < -0.4 is 19.6 Å². The molecule has 0 aliphatic carbocycles. The number of imidazole rings is 1. The molecule has 5 nitrogen and oxygen atoms in total. The number of nitrogens with zero attached hydrogens (tertiary/aromatic N) is 2. The average Bonchev–Trinajstić information content (AvgIpc) is 3.34. The van der Waals surface area contributed by atoms with Gasteiger partial charge in [0.15, 0.2) is 4.96 Å². The van der Waals surface area contributed by atoms with Crippen LogP contribution in [-0.4, -0.2) is 22.6 Å². The summed E-state index contributed by atoms with van der Waals surface area (Å²) < 4.78 is 14.1. The first-order valence-corrected chi connectivity index (χ1v) is 11.8. The van der Waals surface area contributed by atoms with Crippen LogP contribution in [0.5, 0.6) is 11.5 Å². The highest BCUT2D eigenvalue weighted by Crippen LogP contribution is 2.25. The van der Waals surface area contributed by atoms with Crippen molar-refractivity contribution in [3.05, 3.63) is 98.3 Å². The van der Waals surface area contributed by atoms with Crippen molar-refractivity contribution < 1.29 is 9.47 Å². The fraction of sp³-hybridized carbons (Fsp3) is 0.154. The van der Waals surface area contributed by atoms with E-state index in [1.807, 2.05) is 72.8 Å². The number of halogens is 1. The van der Waals surface area contributed by atoms with Gasteiger partial charge in [-0.15, -0.1) is 0 Å². The summed E-state index contributed by atoms with van der Waals surface area (Å²) >= 11 is 7.61. The Kier molecular flexibility index (Phi) is 6.03. The summed E-state index contributed by atoms with van der Waals surface area (Å²) in [7, 11) is 0. The quantitative estimate of drug-likeness (QED) is 0.324. The molecule has 0 bridgehead atoms. The van der Waals surface area contributed by atoms with Crippen LogP contribution in [0.4, 0.5) is 0 Å². The number of aromatic nitrogens is 2. The van der Waals surface area contributed by atoms with Gasteiger partial charge in [0.1, 0.15) is 11.5 Å². The second-order valence-corrected chi connectivity index (χ2v) is 9.30. The largest absolute Gasteiger partial charge is 0.493 e. The molecule has 0 fully saturated rings. The fourth-order valence-electron chi connectivity index (χ4n) is 3.55. The Morgan fingerprint density at radius 3 is 2.64 bits per heavy atom. The van der Waals surface area contributed by atoms with Crippen molar-refractivity contribution in [2.75, 3.05) is 13.2 Å². The molecule has 0 radical (unpaired) electrons. The zero-order valence-corrected chi connectivity index (χ0v) is 19.5. The van der Waals surface area contributed by atoms with Crippen LogP contribution in [0.3, 0.4) is 0 Å². The molecule has 0 amide bonds. The Hall–Kier alpha value is -3.35. The number of rotatable bonds is 7. The van der Waals surface area contributed by atoms with Gasteiger partial charge >= 0.3 is 0 Å². The number of hydrogen-bond acceptors (Lipinski definition) is 5. The van der Waals surface area contributed by atoms with Crippen molar-refractivity contribution in [1.29, 1.82) is 0 Å². The van der Waals surface area contributed by atoms with E-state index in [4.69, 9.17) is 21.1 Å². The molecular formula is C26H21ClN2O3S. The van der Waals surface area contributed by atoms with Gasteiger partial charge in [0.2, 0.25) is 0 Å². The van der Waals surface area contributed by atoms with Gasteiger partial charge in [-0.1, -0.05) is 60.2 Å². The van der Waals surface area contributed by atoms with Gasteiger partial charge in [0.25, 0.3) is 5.56 Å². The Morgan fingerprint density at radius 2 is 1.79 bits per heavy atom. The maximum Gasteiger partial charge on any atom is 0.274 e. The van der Waals surface area contributed by atoms with Crippen LogP contribution in [0.1, 0.15) is 12.5 Å². The number of fused-ring (bicyclic) bond motifs is 3. The normalized spacial score (nSPS) is 13.0. The lowest BCUT2D eigenvalue weighted by molar-refractivity contribution is 0.188. The van der Waals surface area contributed by atoms with Crippen molar-refractivity contribution in [2.24, 2.45) is 5.92 Å². The molecule has 0 spiro atoms. The molecule has 0 aliphatic heterocycles. The summed E-state index contributed by atoms with van der Waals surface area (Å²) in [5, 5.41) is 0.577. The zero-order chi connectivity index (χ0) is 22.8. The third-order valence-corrected chi connectivity index (χ3v) is 6.41. The molecule has 2 aromatic heterocycles. The van der Waals surface area contributed by atoms with E-state index in [0.29, 0.717) is 33.5 Å². The SMILES string of the molecule is C[C@@H](COc1ccccc1)COc1ccc(Cl)cc1/C=c1\sc2nc3ccccc3n2c1=O. The second-order valence-electron chi connectivity index (χ2n) is 7.86.